The average Bonchev–Trinajstić information content (AvgIpc) is 3.23. The van der Waals surface area contributed by atoms with E-state index in [1.54, 1.807) is 0 Å². The molecule has 0 radical (unpaired) electrons. The summed E-state index contributed by atoms with van der Waals surface area (Å²) in [6.07, 6.45) is 4.41. The van der Waals surface area contributed by atoms with Gasteiger partial charge in [0.05, 0.1) is 5.69 Å². The van der Waals surface area contributed by atoms with Crippen molar-refractivity contribution >= 4 is 11.6 Å². The van der Waals surface area contributed by atoms with Gasteiger partial charge in [-0.2, -0.15) is 9.50 Å². The first-order valence-corrected chi connectivity index (χ1v) is 8.65. The Bertz CT molecular complexity index is 966. The molecule has 5 rings (SSSR count). The van der Waals surface area contributed by atoms with Crippen molar-refractivity contribution in [1.82, 2.24) is 19.6 Å². The SMILES string of the molecule is Cc1nc2nc3c(c(NCc4ccc5c(c4)OCO5)n2n1)CCCC3. The van der Waals surface area contributed by atoms with E-state index in [0.717, 1.165) is 47.2 Å². The fraction of sp³-hybridized carbons (Fsp3) is 0.389. The fourth-order valence-corrected chi connectivity index (χ4v) is 3.56. The molecule has 128 valence electrons. The van der Waals surface area contributed by atoms with Crippen molar-refractivity contribution in [3.8, 4) is 11.5 Å². The maximum atomic E-state index is 5.47. The summed E-state index contributed by atoms with van der Waals surface area (Å²) in [6.45, 7) is 2.87. The summed E-state index contributed by atoms with van der Waals surface area (Å²) in [6, 6.07) is 6.03. The molecule has 1 aliphatic heterocycles. The van der Waals surface area contributed by atoms with Crippen molar-refractivity contribution in [2.75, 3.05) is 12.1 Å². The monoisotopic (exact) mass is 337 g/mol. The molecule has 0 saturated carbocycles. The van der Waals surface area contributed by atoms with Crippen LogP contribution in [0.25, 0.3) is 5.78 Å². The Morgan fingerprint density at radius 3 is 2.96 bits per heavy atom. The molecule has 0 unspecified atom stereocenters. The van der Waals surface area contributed by atoms with Crippen LogP contribution >= 0.6 is 0 Å². The molecule has 7 nitrogen and oxygen atoms in total. The molecule has 3 aromatic rings. The second kappa shape index (κ2) is 5.61. The summed E-state index contributed by atoms with van der Waals surface area (Å²) in [5.74, 6) is 4.03. The molecule has 1 aliphatic carbocycles. The highest BCUT2D eigenvalue weighted by molar-refractivity contribution is 5.54. The highest BCUT2D eigenvalue weighted by Crippen LogP contribution is 2.33. The van der Waals surface area contributed by atoms with Gasteiger partial charge in [-0.25, -0.2) is 4.98 Å². The van der Waals surface area contributed by atoms with Crippen LogP contribution in [0.2, 0.25) is 0 Å². The van der Waals surface area contributed by atoms with Gasteiger partial charge in [0.25, 0.3) is 5.78 Å². The predicted octanol–water partition coefficient (Wildman–Crippen LogP) is 2.65. The number of hydrogen-bond donors (Lipinski definition) is 1. The first-order valence-electron chi connectivity index (χ1n) is 8.65. The van der Waals surface area contributed by atoms with Crippen molar-refractivity contribution in [2.24, 2.45) is 0 Å². The van der Waals surface area contributed by atoms with Crippen molar-refractivity contribution in [3.63, 3.8) is 0 Å². The minimum Gasteiger partial charge on any atom is -0.454 e. The van der Waals surface area contributed by atoms with Crippen LogP contribution in [-0.4, -0.2) is 26.4 Å². The van der Waals surface area contributed by atoms with Gasteiger partial charge in [-0.05, 0) is 50.3 Å². The standard InChI is InChI=1S/C18H19N5O2/c1-11-20-18-21-14-5-3-2-4-13(14)17(23(18)22-11)19-9-12-6-7-15-16(8-12)25-10-24-15/h6-8,19H,2-5,9-10H2,1H3. The van der Waals surface area contributed by atoms with E-state index in [2.05, 4.69) is 21.5 Å². The smallest absolute Gasteiger partial charge is 0.254 e. The third kappa shape index (κ3) is 2.47. The van der Waals surface area contributed by atoms with Gasteiger partial charge in [0.1, 0.15) is 11.6 Å². The van der Waals surface area contributed by atoms with E-state index in [-0.39, 0.29) is 0 Å². The first kappa shape index (κ1) is 14.5. The molecule has 1 N–H and O–H groups in total. The van der Waals surface area contributed by atoms with Crippen LogP contribution in [0.4, 0.5) is 5.82 Å². The van der Waals surface area contributed by atoms with Gasteiger partial charge in [0, 0.05) is 12.1 Å². The number of anilines is 1. The zero-order valence-corrected chi connectivity index (χ0v) is 14.1. The fourth-order valence-electron chi connectivity index (χ4n) is 3.56. The minimum atomic E-state index is 0.295. The summed E-state index contributed by atoms with van der Waals surface area (Å²) < 4.78 is 12.7. The number of aryl methyl sites for hydroxylation is 2. The lowest BCUT2D eigenvalue weighted by molar-refractivity contribution is 0.174. The molecule has 1 aromatic carbocycles. The lowest BCUT2D eigenvalue weighted by atomic mass is 9.96. The molecule has 2 aromatic heterocycles. The molecule has 25 heavy (non-hydrogen) atoms. The Balaban J connectivity index is 1.51. The number of nitrogens with zero attached hydrogens (tertiary/aromatic N) is 4. The number of benzene rings is 1. The molecule has 0 fully saturated rings. The highest BCUT2D eigenvalue weighted by Gasteiger charge is 2.20. The molecule has 7 heteroatoms. The number of ether oxygens (including phenoxy) is 2. The van der Waals surface area contributed by atoms with E-state index in [1.165, 1.54) is 18.4 Å². The molecule has 0 amide bonds. The topological polar surface area (TPSA) is 73.6 Å². The summed E-state index contributed by atoms with van der Waals surface area (Å²) >= 11 is 0. The van der Waals surface area contributed by atoms with E-state index in [9.17, 15) is 0 Å². The molecular weight excluding hydrogens is 318 g/mol. The molecule has 0 saturated heterocycles. The van der Waals surface area contributed by atoms with E-state index in [0.29, 0.717) is 19.1 Å². The van der Waals surface area contributed by atoms with Crippen LogP contribution in [0.1, 0.15) is 35.5 Å². The normalized spacial score (nSPS) is 15.4. The van der Waals surface area contributed by atoms with Gasteiger partial charge in [0.15, 0.2) is 11.5 Å². The second-order valence-electron chi connectivity index (χ2n) is 6.50. The first-order chi connectivity index (χ1) is 12.3. The largest absolute Gasteiger partial charge is 0.454 e. The van der Waals surface area contributed by atoms with Crippen LogP contribution in [0, 0.1) is 6.92 Å². The Kier molecular flexibility index (Phi) is 3.26. The number of rotatable bonds is 3. The van der Waals surface area contributed by atoms with Crippen LogP contribution in [-0.2, 0) is 19.4 Å². The maximum absolute atomic E-state index is 5.47. The maximum Gasteiger partial charge on any atom is 0.254 e. The number of nitrogens with one attached hydrogen (secondary N) is 1. The Morgan fingerprint density at radius 1 is 1.12 bits per heavy atom. The van der Waals surface area contributed by atoms with Crippen LogP contribution in [0.3, 0.4) is 0 Å². The third-order valence-corrected chi connectivity index (χ3v) is 4.76. The molecule has 2 aliphatic rings. The van der Waals surface area contributed by atoms with E-state index < -0.39 is 0 Å². The summed E-state index contributed by atoms with van der Waals surface area (Å²) in [7, 11) is 0. The van der Waals surface area contributed by atoms with Crippen molar-refractivity contribution in [3.05, 3.63) is 40.8 Å². The van der Waals surface area contributed by atoms with Crippen molar-refractivity contribution in [2.45, 2.75) is 39.2 Å². The molecule has 3 heterocycles. The quantitative estimate of drug-likeness (QED) is 0.792. The van der Waals surface area contributed by atoms with Crippen molar-refractivity contribution < 1.29 is 9.47 Å². The average molecular weight is 337 g/mol. The molecular formula is C18H19N5O2. The number of aromatic nitrogens is 4. The Morgan fingerprint density at radius 2 is 2.00 bits per heavy atom. The van der Waals surface area contributed by atoms with Gasteiger partial charge in [-0.15, -0.1) is 5.10 Å². The summed E-state index contributed by atoms with van der Waals surface area (Å²) in [5.41, 5.74) is 3.55. The van der Waals surface area contributed by atoms with Gasteiger partial charge in [-0.3, -0.25) is 0 Å². The number of hydrogen-bond acceptors (Lipinski definition) is 6. The lowest BCUT2D eigenvalue weighted by Crippen LogP contribution is -2.15. The zero-order chi connectivity index (χ0) is 16.8. The van der Waals surface area contributed by atoms with Gasteiger partial charge in [0.2, 0.25) is 6.79 Å². The van der Waals surface area contributed by atoms with Crippen molar-refractivity contribution in [1.29, 1.82) is 0 Å². The zero-order valence-electron chi connectivity index (χ0n) is 14.1. The Hall–Kier alpha value is -2.83. The summed E-state index contributed by atoms with van der Waals surface area (Å²) in [5, 5.41) is 8.09. The van der Waals surface area contributed by atoms with E-state index in [1.807, 2.05) is 23.6 Å². The van der Waals surface area contributed by atoms with Crippen LogP contribution < -0.4 is 14.8 Å². The van der Waals surface area contributed by atoms with Crippen LogP contribution in [0.15, 0.2) is 18.2 Å². The number of fused-ring (bicyclic) bond motifs is 3. The van der Waals surface area contributed by atoms with Gasteiger partial charge in [-0.1, -0.05) is 6.07 Å². The van der Waals surface area contributed by atoms with E-state index in [4.69, 9.17) is 14.5 Å². The third-order valence-electron chi connectivity index (χ3n) is 4.76. The highest BCUT2D eigenvalue weighted by atomic mass is 16.7. The lowest BCUT2D eigenvalue weighted by Gasteiger charge is -2.20. The molecule has 0 bridgehead atoms. The van der Waals surface area contributed by atoms with Gasteiger partial charge < -0.3 is 14.8 Å². The Labute approximate surface area is 145 Å². The van der Waals surface area contributed by atoms with E-state index >= 15 is 0 Å². The second-order valence-corrected chi connectivity index (χ2v) is 6.50. The van der Waals surface area contributed by atoms with Crippen LogP contribution in [0.5, 0.6) is 11.5 Å². The molecule has 0 spiro atoms. The predicted molar refractivity (Wildman–Crippen MR) is 92.1 cm³/mol. The van der Waals surface area contributed by atoms with Gasteiger partial charge >= 0.3 is 0 Å². The summed E-state index contributed by atoms with van der Waals surface area (Å²) in [4.78, 5) is 9.16. The molecule has 0 atom stereocenters. The minimum absolute atomic E-state index is 0.295.